The van der Waals surface area contributed by atoms with E-state index in [1.54, 1.807) is 30.5 Å². The average Bonchev–Trinajstić information content (AvgIpc) is 3.13. The molecule has 0 fully saturated rings. The fourth-order valence-corrected chi connectivity index (χ4v) is 1.60. The van der Waals surface area contributed by atoms with Crippen LogP contribution in [-0.4, -0.2) is 16.7 Å². The first-order chi connectivity index (χ1) is 11.0. The van der Waals surface area contributed by atoms with Crippen LogP contribution in [0, 0.1) is 0 Å². The number of rotatable bonds is 3. The second kappa shape index (κ2) is 7.60. The fourth-order valence-electron chi connectivity index (χ4n) is 1.60. The van der Waals surface area contributed by atoms with Gasteiger partial charge in [0.1, 0.15) is 11.3 Å². The zero-order valence-electron chi connectivity index (χ0n) is 12.5. The summed E-state index contributed by atoms with van der Waals surface area (Å²) in [4.78, 5) is 18.1. The number of nitrogens with zero attached hydrogens (tertiary/aromatic N) is 2. The fraction of sp³-hybridized carbons (Fsp3) is 0.0625. The molecule has 0 saturated heterocycles. The molecular weight excluding hydrogens is 296 g/mol. The number of hydrogen-bond donors (Lipinski definition) is 2. The first kappa shape index (κ1) is 16.0. The first-order valence-corrected chi connectivity index (χ1v) is 6.72. The molecule has 0 bridgehead atoms. The molecule has 23 heavy (non-hydrogen) atoms. The number of allylic oxidation sites excluding steroid dienone is 1. The van der Waals surface area contributed by atoms with Gasteiger partial charge >= 0.3 is 6.01 Å². The Hall–Kier alpha value is -3.35. The molecular formula is C16H16N4O3. The van der Waals surface area contributed by atoms with E-state index < -0.39 is 0 Å². The van der Waals surface area contributed by atoms with Crippen LogP contribution in [0.4, 0.5) is 6.01 Å². The van der Waals surface area contributed by atoms with Crippen molar-refractivity contribution in [1.82, 2.24) is 4.98 Å². The summed E-state index contributed by atoms with van der Waals surface area (Å²) in [6.45, 7) is 1.50. The lowest BCUT2D eigenvalue weighted by Crippen LogP contribution is -2.21. The molecule has 2 aromatic heterocycles. The lowest BCUT2D eigenvalue weighted by atomic mass is 10.3. The normalized spacial score (nSPS) is 10.3. The number of guanidine groups is 1. The molecule has 0 radical (unpaired) electrons. The SMILES string of the molecule is CC(=O)/C=C/c1ccco1.NC(N)=Nc1nc2ccccc2o1. The zero-order valence-corrected chi connectivity index (χ0v) is 12.5. The predicted octanol–water partition coefficient (Wildman–Crippen LogP) is 2.61. The van der Waals surface area contributed by atoms with Crippen LogP contribution in [0.3, 0.4) is 0 Å². The van der Waals surface area contributed by atoms with E-state index in [0.29, 0.717) is 11.3 Å². The quantitative estimate of drug-likeness (QED) is 0.435. The van der Waals surface area contributed by atoms with Crippen molar-refractivity contribution in [1.29, 1.82) is 0 Å². The number of benzene rings is 1. The highest BCUT2D eigenvalue weighted by Gasteiger charge is 2.02. The van der Waals surface area contributed by atoms with Gasteiger partial charge in [-0.25, -0.2) is 0 Å². The Labute approximate surface area is 132 Å². The lowest BCUT2D eigenvalue weighted by Gasteiger charge is -1.84. The topological polar surface area (TPSA) is 121 Å². The number of fused-ring (bicyclic) bond motifs is 1. The van der Waals surface area contributed by atoms with E-state index in [2.05, 4.69) is 9.98 Å². The third-order valence-electron chi connectivity index (χ3n) is 2.53. The van der Waals surface area contributed by atoms with E-state index in [1.165, 1.54) is 13.0 Å². The lowest BCUT2D eigenvalue weighted by molar-refractivity contribution is -0.112. The maximum absolute atomic E-state index is 10.4. The van der Waals surface area contributed by atoms with E-state index >= 15 is 0 Å². The smallest absolute Gasteiger partial charge is 0.325 e. The van der Waals surface area contributed by atoms with Crippen molar-refractivity contribution in [2.24, 2.45) is 16.5 Å². The largest absolute Gasteiger partial charge is 0.465 e. The molecule has 0 aliphatic rings. The highest BCUT2D eigenvalue weighted by molar-refractivity contribution is 5.91. The van der Waals surface area contributed by atoms with Crippen LogP contribution in [0.5, 0.6) is 0 Å². The second-order valence-electron chi connectivity index (χ2n) is 4.46. The van der Waals surface area contributed by atoms with Gasteiger partial charge < -0.3 is 20.3 Å². The number of aromatic nitrogens is 1. The zero-order chi connectivity index (χ0) is 16.7. The van der Waals surface area contributed by atoms with Crippen molar-refractivity contribution in [2.75, 3.05) is 0 Å². The van der Waals surface area contributed by atoms with Crippen LogP contribution < -0.4 is 11.5 Å². The number of para-hydroxylation sites is 2. The first-order valence-electron chi connectivity index (χ1n) is 6.72. The summed E-state index contributed by atoms with van der Waals surface area (Å²) in [7, 11) is 0. The Bertz CT molecular complexity index is 795. The van der Waals surface area contributed by atoms with Crippen molar-refractivity contribution in [3.8, 4) is 0 Å². The monoisotopic (exact) mass is 312 g/mol. The number of hydrogen-bond acceptors (Lipinski definition) is 5. The van der Waals surface area contributed by atoms with Crippen molar-refractivity contribution in [2.45, 2.75) is 6.92 Å². The molecule has 0 aliphatic heterocycles. The van der Waals surface area contributed by atoms with Crippen LogP contribution in [-0.2, 0) is 4.79 Å². The van der Waals surface area contributed by atoms with Crippen LogP contribution in [0.1, 0.15) is 12.7 Å². The Balaban J connectivity index is 0.000000174. The van der Waals surface area contributed by atoms with Gasteiger partial charge in [0.15, 0.2) is 17.3 Å². The number of furan rings is 1. The van der Waals surface area contributed by atoms with Crippen LogP contribution >= 0.6 is 0 Å². The van der Waals surface area contributed by atoms with E-state index in [0.717, 1.165) is 5.52 Å². The van der Waals surface area contributed by atoms with Crippen molar-refractivity contribution in [3.05, 3.63) is 54.5 Å². The molecule has 7 heteroatoms. The molecule has 0 atom stereocenters. The third kappa shape index (κ3) is 5.16. The second-order valence-corrected chi connectivity index (χ2v) is 4.46. The van der Waals surface area contributed by atoms with Gasteiger partial charge in [-0.3, -0.25) is 4.79 Å². The standard InChI is InChI=1S/C8H8N4O.C8H8O2/c9-7(10)12-8-11-5-3-1-2-4-6(5)13-8;1-7(9)4-5-8-3-2-6-10-8/h1-4H,(H4,9,10,11,12);2-6H,1H3/b;5-4+. The Morgan fingerprint density at radius 2 is 2.00 bits per heavy atom. The minimum absolute atomic E-state index is 0.0244. The van der Waals surface area contributed by atoms with Crippen LogP contribution in [0.2, 0.25) is 0 Å². The molecule has 0 unspecified atom stereocenters. The maximum Gasteiger partial charge on any atom is 0.325 e. The number of carbonyl (C=O) groups is 1. The molecule has 2 heterocycles. The van der Waals surface area contributed by atoms with Gasteiger partial charge in [0.2, 0.25) is 0 Å². The highest BCUT2D eigenvalue weighted by atomic mass is 16.4. The minimum Gasteiger partial charge on any atom is -0.465 e. The van der Waals surface area contributed by atoms with Gasteiger partial charge in [-0.05, 0) is 43.3 Å². The summed E-state index contributed by atoms with van der Waals surface area (Å²) in [6.07, 6.45) is 4.68. The molecule has 3 aromatic rings. The minimum atomic E-state index is -0.0634. The maximum atomic E-state index is 10.4. The van der Waals surface area contributed by atoms with Crippen LogP contribution in [0.15, 0.2) is 62.6 Å². The average molecular weight is 312 g/mol. The summed E-state index contributed by atoms with van der Waals surface area (Å²) in [5, 5.41) is 0. The Morgan fingerprint density at radius 3 is 2.61 bits per heavy atom. The Kier molecular flexibility index (Phi) is 5.30. The summed E-state index contributed by atoms with van der Waals surface area (Å²) in [5.74, 6) is 0.665. The molecule has 118 valence electrons. The molecule has 0 aliphatic carbocycles. The molecule has 3 rings (SSSR count). The van der Waals surface area contributed by atoms with Gasteiger partial charge in [-0.1, -0.05) is 12.1 Å². The van der Waals surface area contributed by atoms with Crippen molar-refractivity contribution < 1.29 is 13.6 Å². The summed E-state index contributed by atoms with van der Waals surface area (Å²) in [6, 6.07) is 11.1. The molecule has 4 N–H and O–H groups in total. The molecule has 0 saturated carbocycles. The molecule has 1 aromatic carbocycles. The summed E-state index contributed by atoms with van der Waals surface area (Å²) in [5.41, 5.74) is 11.8. The Morgan fingerprint density at radius 1 is 1.22 bits per heavy atom. The number of carbonyl (C=O) groups excluding carboxylic acids is 1. The number of oxazole rings is 1. The van der Waals surface area contributed by atoms with E-state index in [4.69, 9.17) is 20.3 Å². The van der Waals surface area contributed by atoms with Crippen molar-refractivity contribution in [3.63, 3.8) is 0 Å². The van der Waals surface area contributed by atoms with E-state index in [9.17, 15) is 4.79 Å². The van der Waals surface area contributed by atoms with Gasteiger partial charge in [0, 0.05) is 0 Å². The summed E-state index contributed by atoms with van der Waals surface area (Å²) >= 11 is 0. The van der Waals surface area contributed by atoms with E-state index in [-0.39, 0.29) is 17.8 Å². The third-order valence-corrected chi connectivity index (χ3v) is 2.53. The molecule has 0 amide bonds. The number of ketones is 1. The number of nitrogens with two attached hydrogens (primary N) is 2. The predicted molar refractivity (Wildman–Crippen MR) is 87.9 cm³/mol. The van der Waals surface area contributed by atoms with Crippen LogP contribution in [0.25, 0.3) is 17.2 Å². The molecule has 0 spiro atoms. The van der Waals surface area contributed by atoms with Gasteiger partial charge in [0.25, 0.3) is 0 Å². The van der Waals surface area contributed by atoms with Gasteiger partial charge in [0.05, 0.1) is 6.26 Å². The van der Waals surface area contributed by atoms with E-state index in [1.807, 2.05) is 18.2 Å². The van der Waals surface area contributed by atoms with Gasteiger partial charge in [-0.2, -0.15) is 9.98 Å². The van der Waals surface area contributed by atoms with Gasteiger partial charge in [-0.15, -0.1) is 0 Å². The van der Waals surface area contributed by atoms with Crippen molar-refractivity contribution >= 4 is 34.9 Å². The number of aliphatic imine (C=N–C) groups is 1. The summed E-state index contributed by atoms with van der Waals surface area (Å²) < 4.78 is 10.2. The highest BCUT2D eigenvalue weighted by Crippen LogP contribution is 2.19. The molecule has 7 nitrogen and oxygen atoms in total.